The highest BCUT2D eigenvalue weighted by Gasteiger charge is 2.06. The van der Waals surface area contributed by atoms with Crippen LogP contribution in [0.25, 0.3) is 0 Å². The van der Waals surface area contributed by atoms with Crippen LogP contribution in [0, 0.1) is 0 Å². The van der Waals surface area contributed by atoms with Crippen LogP contribution in [0.2, 0.25) is 0 Å². The Bertz CT molecular complexity index is 546. The lowest BCUT2D eigenvalue weighted by atomic mass is 10.2. The van der Waals surface area contributed by atoms with Gasteiger partial charge < -0.3 is 14.2 Å². The summed E-state index contributed by atoms with van der Waals surface area (Å²) in [5.74, 6) is 1.25. The minimum atomic E-state index is 0.274. The molecule has 0 amide bonds. The van der Waals surface area contributed by atoms with Gasteiger partial charge in [0.15, 0.2) is 0 Å². The summed E-state index contributed by atoms with van der Waals surface area (Å²) in [5.41, 5.74) is 1.01. The van der Waals surface area contributed by atoms with E-state index in [1.54, 1.807) is 20.4 Å². The average Bonchev–Trinajstić information content (AvgIpc) is 2.47. The molecular weight excluding hydrogens is 312 g/mol. The Morgan fingerprint density at radius 3 is 2.47 bits per heavy atom. The fourth-order valence-corrected chi connectivity index (χ4v) is 1.77. The van der Waals surface area contributed by atoms with Crippen LogP contribution in [0.15, 0.2) is 34.9 Å². The monoisotopic (exact) mass is 324 g/mol. The summed E-state index contributed by atoms with van der Waals surface area (Å²) in [7, 11) is 3.17. The van der Waals surface area contributed by atoms with Gasteiger partial charge in [0.05, 0.1) is 24.9 Å². The van der Waals surface area contributed by atoms with E-state index in [0.717, 1.165) is 11.3 Å². The minimum Gasteiger partial charge on any atom is -0.497 e. The normalized spacial score (nSPS) is 10.1. The number of methoxy groups -OCH3 is 2. The highest BCUT2D eigenvalue weighted by Crippen LogP contribution is 2.23. The van der Waals surface area contributed by atoms with Crippen molar-refractivity contribution < 1.29 is 14.2 Å². The fourth-order valence-electron chi connectivity index (χ4n) is 1.42. The molecule has 0 aliphatic rings. The van der Waals surface area contributed by atoms with Crippen molar-refractivity contribution in [2.75, 3.05) is 14.2 Å². The standard InChI is InChI=1S/C13H13BrN2O3/c1-17-10-5-3-9(4-6-10)8-19-13-15-7-11(14)12(16-13)18-2/h3-7H,8H2,1-2H3. The third-order valence-corrected chi connectivity index (χ3v) is 2.95. The molecule has 0 saturated carbocycles. The smallest absolute Gasteiger partial charge is 0.320 e. The number of rotatable bonds is 5. The van der Waals surface area contributed by atoms with Crippen LogP contribution < -0.4 is 14.2 Å². The molecule has 0 atom stereocenters. The van der Waals surface area contributed by atoms with Crippen molar-refractivity contribution in [3.8, 4) is 17.6 Å². The molecule has 100 valence electrons. The second-order valence-corrected chi connectivity index (χ2v) is 4.50. The molecule has 2 aromatic rings. The summed E-state index contributed by atoms with van der Waals surface area (Å²) in [6, 6.07) is 7.88. The predicted molar refractivity (Wildman–Crippen MR) is 73.6 cm³/mol. The van der Waals surface area contributed by atoms with E-state index < -0.39 is 0 Å². The van der Waals surface area contributed by atoms with Crippen LogP contribution in [0.3, 0.4) is 0 Å². The van der Waals surface area contributed by atoms with Crippen LogP contribution in [-0.2, 0) is 6.61 Å². The topological polar surface area (TPSA) is 53.5 Å². The van der Waals surface area contributed by atoms with Crippen molar-refractivity contribution >= 4 is 15.9 Å². The van der Waals surface area contributed by atoms with Crippen molar-refractivity contribution in [2.45, 2.75) is 6.61 Å². The first-order valence-electron chi connectivity index (χ1n) is 5.55. The molecule has 1 aromatic heterocycles. The molecule has 0 aliphatic carbocycles. The van der Waals surface area contributed by atoms with Gasteiger partial charge in [-0.15, -0.1) is 0 Å². The molecule has 0 N–H and O–H groups in total. The zero-order valence-corrected chi connectivity index (χ0v) is 12.2. The van der Waals surface area contributed by atoms with Crippen LogP contribution in [0.5, 0.6) is 17.6 Å². The van der Waals surface area contributed by atoms with E-state index >= 15 is 0 Å². The van der Waals surface area contributed by atoms with Gasteiger partial charge in [0.25, 0.3) is 0 Å². The quantitative estimate of drug-likeness (QED) is 0.846. The van der Waals surface area contributed by atoms with Crippen molar-refractivity contribution in [2.24, 2.45) is 0 Å². The molecule has 1 aromatic carbocycles. The number of ether oxygens (including phenoxy) is 3. The van der Waals surface area contributed by atoms with Gasteiger partial charge in [0.2, 0.25) is 5.88 Å². The zero-order valence-electron chi connectivity index (χ0n) is 10.6. The van der Waals surface area contributed by atoms with Crippen LogP contribution in [-0.4, -0.2) is 24.2 Å². The molecule has 0 spiro atoms. The van der Waals surface area contributed by atoms with E-state index in [-0.39, 0.29) is 6.01 Å². The maximum atomic E-state index is 5.50. The molecular formula is C13H13BrN2O3. The second-order valence-electron chi connectivity index (χ2n) is 3.65. The number of nitrogens with zero attached hydrogens (tertiary/aromatic N) is 2. The molecule has 5 nitrogen and oxygen atoms in total. The van der Waals surface area contributed by atoms with Crippen LogP contribution in [0.4, 0.5) is 0 Å². The highest BCUT2D eigenvalue weighted by molar-refractivity contribution is 9.10. The van der Waals surface area contributed by atoms with Gasteiger partial charge in [0.1, 0.15) is 12.4 Å². The average molecular weight is 325 g/mol. The molecule has 1 heterocycles. The van der Waals surface area contributed by atoms with Crippen molar-refractivity contribution in [1.82, 2.24) is 9.97 Å². The van der Waals surface area contributed by atoms with E-state index in [2.05, 4.69) is 25.9 Å². The molecule has 0 aliphatic heterocycles. The first-order valence-corrected chi connectivity index (χ1v) is 6.34. The molecule has 0 bridgehead atoms. The Hall–Kier alpha value is -1.82. The molecule has 19 heavy (non-hydrogen) atoms. The van der Waals surface area contributed by atoms with E-state index in [0.29, 0.717) is 17.0 Å². The van der Waals surface area contributed by atoms with Gasteiger partial charge in [-0.25, -0.2) is 4.98 Å². The number of halogens is 1. The highest BCUT2D eigenvalue weighted by atomic mass is 79.9. The van der Waals surface area contributed by atoms with Crippen molar-refractivity contribution in [3.05, 3.63) is 40.5 Å². The first kappa shape index (κ1) is 13.6. The van der Waals surface area contributed by atoms with E-state index in [4.69, 9.17) is 14.2 Å². The number of hydrogen-bond acceptors (Lipinski definition) is 5. The number of aromatic nitrogens is 2. The largest absolute Gasteiger partial charge is 0.497 e. The summed E-state index contributed by atoms with van der Waals surface area (Å²) in [6.07, 6.45) is 1.59. The van der Waals surface area contributed by atoms with Gasteiger partial charge >= 0.3 is 6.01 Å². The number of benzene rings is 1. The van der Waals surface area contributed by atoms with E-state index in [1.807, 2.05) is 24.3 Å². The third-order valence-electron chi connectivity index (χ3n) is 2.41. The maximum absolute atomic E-state index is 5.50. The van der Waals surface area contributed by atoms with E-state index in [9.17, 15) is 0 Å². The van der Waals surface area contributed by atoms with Gasteiger partial charge in [-0.3, -0.25) is 0 Å². The summed E-state index contributed by atoms with van der Waals surface area (Å²) in [5, 5.41) is 0. The molecule has 0 unspecified atom stereocenters. The molecule has 0 fully saturated rings. The Balaban J connectivity index is 2.01. The maximum Gasteiger partial charge on any atom is 0.320 e. The Labute approximate surface area is 119 Å². The van der Waals surface area contributed by atoms with Crippen molar-refractivity contribution in [3.63, 3.8) is 0 Å². The lowest BCUT2D eigenvalue weighted by molar-refractivity contribution is 0.273. The zero-order chi connectivity index (χ0) is 13.7. The summed E-state index contributed by atoms with van der Waals surface area (Å²) in [6.45, 7) is 0.384. The Kier molecular flexibility index (Phi) is 4.57. The fraction of sp³-hybridized carbons (Fsp3) is 0.231. The first-order chi connectivity index (χ1) is 9.22. The van der Waals surface area contributed by atoms with Gasteiger partial charge in [-0.1, -0.05) is 12.1 Å². The van der Waals surface area contributed by atoms with Gasteiger partial charge in [0, 0.05) is 0 Å². The minimum absolute atomic E-state index is 0.274. The molecule has 6 heteroatoms. The molecule has 2 rings (SSSR count). The van der Waals surface area contributed by atoms with Gasteiger partial charge in [-0.05, 0) is 33.6 Å². The third kappa shape index (κ3) is 3.57. The number of hydrogen-bond donors (Lipinski definition) is 0. The molecule has 0 radical (unpaired) electrons. The van der Waals surface area contributed by atoms with Gasteiger partial charge in [-0.2, -0.15) is 4.98 Å². The second kappa shape index (κ2) is 6.38. The van der Waals surface area contributed by atoms with Crippen molar-refractivity contribution in [1.29, 1.82) is 0 Å². The lowest BCUT2D eigenvalue weighted by Crippen LogP contribution is -2.01. The SMILES string of the molecule is COc1ccc(COc2ncc(Br)c(OC)n2)cc1. The lowest BCUT2D eigenvalue weighted by Gasteiger charge is -2.07. The Morgan fingerprint density at radius 2 is 1.84 bits per heavy atom. The van der Waals surface area contributed by atoms with Crippen LogP contribution >= 0.6 is 15.9 Å². The van der Waals surface area contributed by atoms with E-state index in [1.165, 1.54) is 0 Å². The Morgan fingerprint density at radius 1 is 1.11 bits per heavy atom. The summed E-state index contributed by atoms with van der Waals surface area (Å²) < 4.78 is 16.3. The van der Waals surface area contributed by atoms with Crippen LogP contribution in [0.1, 0.15) is 5.56 Å². The molecule has 0 saturated heterocycles. The summed E-state index contributed by atoms with van der Waals surface area (Å²) in [4.78, 5) is 8.16. The predicted octanol–water partition coefficient (Wildman–Crippen LogP) is 2.84. The summed E-state index contributed by atoms with van der Waals surface area (Å²) >= 11 is 3.28.